The van der Waals surface area contributed by atoms with Gasteiger partial charge in [0.2, 0.25) is 5.91 Å². The molecule has 3 rings (SSSR count). The monoisotopic (exact) mass is 376 g/mol. The van der Waals surface area contributed by atoms with E-state index in [-0.39, 0.29) is 40.2 Å². The normalized spacial score (nSPS) is 10.8. The third kappa shape index (κ3) is 3.75. The molecule has 0 fully saturated rings. The van der Waals surface area contributed by atoms with Crippen LogP contribution in [0.4, 0.5) is 11.4 Å². The van der Waals surface area contributed by atoms with E-state index in [1.807, 2.05) is 6.07 Å². The molecule has 0 bridgehead atoms. The predicted molar refractivity (Wildman–Crippen MR) is 100 cm³/mol. The molecule has 0 atom stereocenters. The zero-order valence-corrected chi connectivity index (χ0v) is 14.5. The summed E-state index contributed by atoms with van der Waals surface area (Å²) in [5.74, 6) is -0.281. The van der Waals surface area contributed by atoms with Gasteiger partial charge in [-0.3, -0.25) is 14.2 Å². The van der Waals surface area contributed by atoms with Gasteiger partial charge in [-0.25, -0.2) is 4.98 Å². The zero-order chi connectivity index (χ0) is 18.0. The van der Waals surface area contributed by atoms with Gasteiger partial charge >= 0.3 is 0 Å². The summed E-state index contributed by atoms with van der Waals surface area (Å²) in [6.07, 6.45) is 1.54. The minimum Gasteiger partial charge on any atom is -0.396 e. The first-order valence-electron chi connectivity index (χ1n) is 7.44. The number of halogens is 2. The lowest BCUT2D eigenvalue weighted by Crippen LogP contribution is -2.23. The number of nitrogens with two attached hydrogens (primary N) is 1. The number of amides is 1. The fourth-order valence-electron chi connectivity index (χ4n) is 2.37. The minimum atomic E-state index is -0.281. The van der Waals surface area contributed by atoms with Gasteiger partial charge in [0.05, 0.1) is 33.0 Å². The molecule has 3 aromatic rings. The smallest absolute Gasteiger partial charge is 0.261 e. The lowest BCUT2D eigenvalue weighted by atomic mass is 10.2. The Morgan fingerprint density at radius 1 is 1.20 bits per heavy atom. The van der Waals surface area contributed by atoms with Crippen LogP contribution in [0.15, 0.2) is 47.5 Å². The molecule has 0 aliphatic heterocycles. The van der Waals surface area contributed by atoms with Crippen LogP contribution in [0.2, 0.25) is 10.0 Å². The second-order valence-electron chi connectivity index (χ2n) is 5.41. The number of carbonyl (C=O) groups excluding carboxylic acids is 1. The highest BCUT2D eigenvalue weighted by atomic mass is 35.5. The Morgan fingerprint density at radius 3 is 2.60 bits per heavy atom. The van der Waals surface area contributed by atoms with Gasteiger partial charge < -0.3 is 11.1 Å². The fraction of sp³-hybridized carbons (Fsp3) is 0.118. The third-order valence-corrected chi connectivity index (χ3v) is 4.30. The van der Waals surface area contributed by atoms with Crippen molar-refractivity contribution in [1.82, 2.24) is 9.55 Å². The third-order valence-electron chi connectivity index (χ3n) is 3.67. The second-order valence-corrected chi connectivity index (χ2v) is 6.23. The van der Waals surface area contributed by atoms with Crippen molar-refractivity contribution < 1.29 is 4.79 Å². The molecule has 25 heavy (non-hydrogen) atoms. The molecule has 6 nitrogen and oxygen atoms in total. The average molecular weight is 377 g/mol. The Morgan fingerprint density at radius 2 is 1.88 bits per heavy atom. The minimum absolute atomic E-state index is 0.0968. The Balaban J connectivity index is 1.71. The van der Waals surface area contributed by atoms with Crippen LogP contribution in [0, 0.1) is 0 Å². The van der Waals surface area contributed by atoms with Gasteiger partial charge in [-0.2, -0.15) is 0 Å². The number of carbonyl (C=O) groups is 1. The predicted octanol–water partition coefficient (Wildman–Crippen LogP) is 3.31. The highest BCUT2D eigenvalue weighted by Gasteiger charge is 2.09. The maximum Gasteiger partial charge on any atom is 0.261 e. The molecule has 1 amide bonds. The first-order valence-corrected chi connectivity index (χ1v) is 8.20. The highest BCUT2D eigenvalue weighted by molar-refractivity contribution is 6.39. The number of nitrogens with zero attached hydrogens (tertiary/aromatic N) is 2. The number of hydrogen-bond acceptors (Lipinski definition) is 4. The molecule has 0 saturated heterocycles. The molecule has 128 valence electrons. The van der Waals surface area contributed by atoms with E-state index in [2.05, 4.69) is 10.3 Å². The number of fused-ring (bicyclic) bond motifs is 1. The zero-order valence-electron chi connectivity index (χ0n) is 13.0. The number of benzene rings is 2. The van der Waals surface area contributed by atoms with Gasteiger partial charge in [0, 0.05) is 18.7 Å². The van der Waals surface area contributed by atoms with Crippen molar-refractivity contribution in [1.29, 1.82) is 0 Å². The molecular weight excluding hydrogens is 363 g/mol. The standard InChI is InChI=1S/C17H14Cl2N4O2/c18-12-7-10(8-13(19)16(12)20)22-15(24)5-6-23-9-21-14-4-2-1-3-11(14)17(23)25/h1-4,7-9H,5-6,20H2,(H,22,24). The summed E-state index contributed by atoms with van der Waals surface area (Å²) in [6.45, 7) is 0.207. The van der Waals surface area contributed by atoms with Crippen LogP contribution in [0.1, 0.15) is 6.42 Å². The van der Waals surface area contributed by atoms with Crippen molar-refractivity contribution >= 4 is 51.4 Å². The molecule has 8 heteroatoms. The Hall–Kier alpha value is -2.57. The maximum absolute atomic E-state index is 12.4. The molecular formula is C17H14Cl2N4O2. The van der Waals surface area contributed by atoms with Crippen molar-refractivity contribution in [2.75, 3.05) is 11.1 Å². The van der Waals surface area contributed by atoms with Gasteiger partial charge in [-0.1, -0.05) is 35.3 Å². The molecule has 0 saturated carbocycles. The van der Waals surface area contributed by atoms with E-state index in [1.54, 1.807) is 18.2 Å². The van der Waals surface area contributed by atoms with Crippen LogP contribution < -0.4 is 16.6 Å². The topological polar surface area (TPSA) is 90.0 Å². The van der Waals surface area contributed by atoms with E-state index in [0.717, 1.165) is 0 Å². The number of rotatable bonds is 4. The van der Waals surface area contributed by atoms with Crippen molar-refractivity contribution in [3.8, 4) is 0 Å². The Bertz CT molecular complexity index is 994. The van der Waals surface area contributed by atoms with Crippen LogP contribution in [0.3, 0.4) is 0 Å². The summed E-state index contributed by atoms with van der Waals surface area (Å²) < 4.78 is 1.41. The summed E-state index contributed by atoms with van der Waals surface area (Å²) in [5, 5.41) is 3.72. The van der Waals surface area contributed by atoms with Crippen molar-refractivity contribution in [3.05, 3.63) is 63.1 Å². The van der Waals surface area contributed by atoms with Gasteiger partial charge in [0.15, 0.2) is 0 Å². The van der Waals surface area contributed by atoms with Gasteiger partial charge in [-0.15, -0.1) is 0 Å². The molecule has 0 radical (unpaired) electrons. The van der Waals surface area contributed by atoms with Crippen LogP contribution in [-0.2, 0) is 11.3 Å². The second kappa shape index (κ2) is 7.13. The quantitative estimate of drug-likeness (QED) is 0.683. The van der Waals surface area contributed by atoms with Crippen LogP contribution in [-0.4, -0.2) is 15.5 Å². The Kier molecular flexibility index (Phi) is 4.92. The number of para-hydroxylation sites is 1. The van der Waals surface area contributed by atoms with Crippen LogP contribution >= 0.6 is 23.2 Å². The molecule has 2 aromatic carbocycles. The fourth-order valence-corrected chi connectivity index (χ4v) is 2.85. The van der Waals surface area contributed by atoms with Gasteiger partial charge in [0.25, 0.3) is 5.56 Å². The van der Waals surface area contributed by atoms with Crippen LogP contribution in [0.5, 0.6) is 0 Å². The van der Waals surface area contributed by atoms with Gasteiger partial charge in [-0.05, 0) is 24.3 Å². The first kappa shape index (κ1) is 17.3. The molecule has 1 aromatic heterocycles. The number of hydrogen-bond donors (Lipinski definition) is 2. The molecule has 3 N–H and O–H groups in total. The number of aromatic nitrogens is 2. The molecule has 0 spiro atoms. The number of anilines is 2. The molecule has 1 heterocycles. The SMILES string of the molecule is Nc1c(Cl)cc(NC(=O)CCn2cnc3ccccc3c2=O)cc1Cl. The van der Waals surface area contributed by atoms with E-state index in [0.29, 0.717) is 16.6 Å². The average Bonchev–Trinajstić information content (AvgIpc) is 2.59. The number of nitrogens with one attached hydrogen (secondary N) is 1. The lowest BCUT2D eigenvalue weighted by Gasteiger charge is -2.09. The van der Waals surface area contributed by atoms with Crippen molar-refractivity contribution in [3.63, 3.8) is 0 Å². The van der Waals surface area contributed by atoms with Gasteiger partial charge in [0.1, 0.15) is 0 Å². The largest absolute Gasteiger partial charge is 0.396 e. The first-order chi connectivity index (χ1) is 12.0. The highest BCUT2D eigenvalue weighted by Crippen LogP contribution is 2.31. The number of nitrogen functional groups attached to an aromatic ring is 1. The van der Waals surface area contributed by atoms with Crippen LogP contribution in [0.25, 0.3) is 10.9 Å². The van der Waals surface area contributed by atoms with E-state index in [1.165, 1.54) is 23.0 Å². The molecule has 0 aliphatic rings. The molecule has 0 unspecified atom stereocenters. The van der Waals surface area contributed by atoms with E-state index >= 15 is 0 Å². The Labute approximate surface area is 153 Å². The van der Waals surface area contributed by atoms with Crippen molar-refractivity contribution in [2.24, 2.45) is 0 Å². The summed E-state index contributed by atoms with van der Waals surface area (Å²) in [6, 6.07) is 10.1. The summed E-state index contributed by atoms with van der Waals surface area (Å²) in [5.41, 5.74) is 6.80. The summed E-state index contributed by atoms with van der Waals surface area (Å²) in [4.78, 5) is 28.7. The van der Waals surface area contributed by atoms with Crippen molar-refractivity contribution in [2.45, 2.75) is 13.0 Å². The van der Waals surface area contributed by atoms with E-state index < -0.39 is 0 Å². The lowest BCUT2D eigenvalue weighted by molar-refractivity contribution is -0.116. The van der Waals surface area contributed by atoms with E-state index in [9.17, 15) is 9.59 Å². The molecule has 0 aliphatic carbocycles. The maximum atomic E-state index is 12.4. The summed E-state index contributed by atoms with van der Waals surface area (Å²) in [7, 11) is 0. The summed E-state index contributed by atoms with van der Waals surface area (Å²) >= 11 is 11.9. The van der Waals surface area contributed by atoms with E-state index in [4.69, 9.17) is 28.9 Å². The number of aryl methyl sites for hydroxylation is 1.